The third kappa shape index (κ3) is 3.62. The summed E-state index contributed by atoms with van der Waals surface area (Å²) in [5.41, 5.74) is 2.87. The maximum Gasteiger partial charge on any atom is 0.189 e. The van der Waals surface area contributed by atoms with E-state index in [2.05, 4.69) is 0 Å². The van der Waals surface area contributed by atoms with Gasteiger partial charge in [0.1, 0.15) is 5.25 Å². The number of aryl methyl sites for hydroxylation is 2. The predicted molar refractivity (Wildman–Crippen MR) is 111 cm³/mol. The number of benzene rings is 3. The molecule has 0 saturated carbocycles. The van der Waals surface area contributed by atoms with Crippen LogP contribution >= 0.6 is 0 Å². The SMILES string of the molecule is CCc1ccccc1C(c1cccc(OC)c1O)S(=O)(=O)c1ccc(C)cc1. The highest BCUT2D eigenvalue weighted by atomic mass is 32.2. The van der Waals surface area contributed by atoms with Crippen LogP contribution in [0.4, 0.5) is 0 Å². The molecule has 3 aromatic carbocycles. The van der Waals surface area contributed by atoms with Crippen molar-refractivity contribution in [3.63, 3.8) is 0 Å². The van der Waals surface area contributed by atoms with Gasteiger partial charge in [0.05, 0.1) is 12.0 Å². The van der Waals surface area contributed by atoms with Crippen LogP contribution in [0.15, 0.2) is 71.6 Å². The number of rotatable bonds is 6. The van der Waals surface area contributed by atoms with Gasteiger partial charge in [-0.15, -0.1) is 0 Å². The molecule has 28 heavy (non-hydrogen) atoms. The third-order valence-electron chi connectivity index (χ3n) is 4.91. The number of ether oxygens (including phenoxy) is 1. The Hall–Kier alpha value is -2.79. The van der Waals surface area contributed by atoms with Crippen molar-refractivity contribution >= 4 is 9.84 Å². The van der Waals surface area contributed by atoms with Crippen molar-refractivity contribution in [2.45, 2.75) is 30.4 Å². The van der Waals surface area contributed by atoms with Crippen molar-refractivity contribution in [2.75, 3.05) is 7.11 Å². The molecule has 0 radical (unpaired) electrons. The molecule has 0 heterocycles. The van der Waals surface area contributed by atoms with Crippen LogP contribution in [0.5, 0.6) is 11.5 Å². The van der Waals surface area contributed by atoms with Gasteiger partial charge >= 0.3 is 0 Å². The summed E-state index contributed by atoms with van der Waals surface area (Å²) in [6.07, 6.45) is 0.681. The van der Waals surface area contributed by atoms with Gasteiger partial charge in [0.25, 0.3) is 0 Å². The monoisotopic (exact) mass is 396 g/mol. The second-order valence-electron chi connectivity index (χ2n) is 6.69. The minimum absolute atomic E-state index is 0.156. The number of methoxy groups -OCH3 is 1. The van der Waals surface area contributed by atoms with Crippen LogP contribution in [0.1, 0.15) is 34.4 Å². The Labute approximate surface area is 166 Å². The van der Waals surface area contributed by atoms with Crippen LogP contribution in [0, 0.1) is 6.92 Å². The van der Waals surface area contributed by atoms with Gasteiger partial charge in [-0.25, -0.2) is 8.42 Å². The second kappa shape index (κ2) is 8.07. The normalized spacial score (nSPS) is 12.5. The van der Waals surface area contributed by atoms with Gasteiger partial charge < -0.3 is 9.84 Å². The van der Waals surface area contributed by atoms with E-state index in [1.807, 2.05) is 38.1 Å². The van der Waals surface area contributed by atoms with Gasteiger partial charge in [0, 0.05) is 5.56 Å². The number of hydrogen-bond donors (Lipinski definition) is 1. The molecule has 0 aromatic heterocycles. The Kier molecular flexibility index (Phi) is 5.75. The average Bonchev–Trinajstić information content (AvgIpc) is 2.70. The number of aromatic hydroxyl groups is 1. The van der Waals surface area contributed by atoms with Crippen molar-refractivity contribution in [3.05, 3.63) is 89.0 Å². The molecular formula is C23H24O4S. The third-order valence-corrected chi connectivity index (χ3v) is 6.97. The van der Waals surface area contributed by atoms with E-state index in [4.69, 9.17) is 4.74 Å². The number of para-hydroxylation sites is 1. The fourth-order valence-corrected chi connectivity index (χ4v) is 5.27. The Morgan fingerprint density at radius 1 is 0.929 bits per heavy atom. The quantitative estimate of drug-likeness (QED) is 0.648. The predicted octanol–water partition coefficient (Wildman–Crippen LogP) is 4.83. The first-order valence-electron chi connectivity index (χ1n) is 9.14. The molecule has 0 bridgehead atoms. The molecule has 0 amide bonds. The minimum atomic E-state index is -3.82. The number of hydrogen-bond acceptors (Lipinski definition) is 4. The van der Waals surface area contributed by atoms with Gasteiger partial charge in [0.15, 0.2) is 21.3 Å². The largest absolute Gasteiger partial charge is 0.504 e. The first-order valence-corrected chi connectivity index (χ1v) is 10.7. The lowest BCUT2D eigenvalue weighted by molar-refractivity contribution is 0.370. The lowest BCUT2D eigenvalue weighted by Gasteiger charge is -2.23. The van der Waals surface area contributed by atoms with Crippen LogP contribution in [0.25, 0.3) is 0 Å². The second-order valence-corrected chi connectivity index (χ2v) is 8.72. The first-order chi connectivity index (χ1) is 13.4. The van der Waals surface area contributed by atoms with Crippen LogP contribution in [-0.4, -0.2) is 20.6 Å². The van der Waals surface area contributed by atoms with E-state index in [0.29, 0.717) is 17.5 Å². The minimum Gasteiger partial charge on any atom is -0.504 e. The van der Waals surface area contributed by atoms with Crippen molar-refractivity contribution in [1.29, 1.82) is 0 Å². The molecule has 0 aliphatic carbocycles. The van der Waals surface area contributed by atoms with E-state index in [0.717, 1.165) is 11.1 Å². The van der Waals surface area contributed by atoms with E-state index >= 15 is 0 Å². The zero-order valence-electron chi connectivity index (χ0n) is 16.2. The molecule has 3 rings (SSSR count). The molecule has 1 atom stereocenters. The van der Waals surface area contributed by atoms with Gasteiger partial charge in [-0.2, -0.15) is 0 Å². The fraction of sp³-hybridized carbons (Fsp3) is 0.217. The molecule has 0 spiro atoms. The van der Waals surface area contributed by atoms with Crippen molar-refractivity contribution in [3.8, 4) is 11.5 Å². The standard InChI is InChI=1S/C23H24O4S/c1-4-17-8-5-6-9-19(17)23(20-10-7-11-21(27-3)22(20)24)28(25,26)18-14-12-16(2)13-15-18/h5-15,23-24H,4H2,1-3H3. The van der Waals surface area contributed by atoms with Gasteiger partial charge in [0.2, 0.25) is 0 Å². The number of phenols is 1. The van der Waals surface area contributed by atoms with E-state index < -0.39 is 15.1 Å². The Morgan fingerprint density at radius 2 is 1.57 bits per heavy atom. The molecule has 0 aliphatic rings. The summed E-state index contributed by atoms with van der Waals surface area (Å²) in [7, 11) is -2.37. The highest BCUT2D eigenvalue weighted by molar-refractivity contribution is 7.92. The molecule has 0 saturated heterocycles. The Bertz CT molecular complexity index is 1070. The summed E-state index contributed by atoms with van der Waals surface area (Å²) >= 11 is 0. The van der Waals surface area contributed by atoms with Gasteiger partial charge in [-0.3, -0.25) is 0 Å². The van der Waals surface area contributed by atoms with Crippen molar-refractivity contribution < 1.29 is 18.3 Å². The maximum absolute atomic E-state index is 13.7. The fourth-order valence-electron chi connectivity index (χ4n) is 3.39. The Morgan fingerprint density at radius 3 is 2.21 bits per heavy atom. The number of sulfone groups is 1. The molecule has 4 nitrogen and oxygen atoms in total. The molecule has 146 valence electrons. The topological polar surface area (TPSA) is 63.6 Å². The Balaban J connectivity index is 2.31. The smallest absolute Gasteiger partial charge is 0.189 e. The molecular weight excluding hydrogens is 372 g/mol. The van der Waals surface area contributed by atoms with E-state index in [1.54, 1.807) is 42.5 Å². The van der Waals surface area contributed by atoms with Gasteiger partial charge in [-0.1, -0.05) is 61.0 Å². The van der Waals surface area contributed by atoms with Crippen LogP contribution in [0.2, 0.25) is 0 Å². The zero-order chi connectivity index (χ0) is 20.3. The molecule has 1 N–H and O–H groups in total. The molecule has 1 unspecified atom stereocenters. The molecule has 0 aliphatic heterocycles. The summed E-state index contributed by atoms with van der Waals surface area (Å²) < 4.78 is 32.6. The molecule has 5 heteroatoms. The van der Waals surface area contributed by atoms with Crippen LogP contribution in [-0.2, 0) is 16.3 Å². The van der Waals surface area contributed by atoms with E-state index in [1.165, 1.54) is 7.11 Å². The molecule has 0 fully saturated rings. The zero-order valence-corrected chi connectivity index (χ0v) is 17.0. The summed E-state index contributed by atoms with van der Waals surface area (Å²) in [6, 6.07) is 19.2. The summed E-state index contributed by atoms with van der Waals surface area (Å²) in [5, 5.41) is 9.71. The van der Waals surface area contributed by atoms with E-state index in [9.17, 15) is 13.5 Å². The highest BCUT2D eigenvalue weighted by Gasteiger charge is 2.34. The maximum atomic E-state index is 13.7. The highest BCUT2D eigenvalue weighted by Crippen LogP contribution is 2.43. The lowest BCUT2D eigenvalue weighted by Crippen LogP contribution is -2.17. The van der Waals surface area contributed by atoms with Crippen molar-refractivity contribution in [1.82, 2.24) is 0 Å². The van der Waals surface area contributed by atoms with Gasteiger partial charge in [-0.05, 0) is 42.7 Å². The summed E-state index contributed by atoms with van der Waals surface area (Å²) in [4.78, 5) is 0.219. The summed E-state index contributed by atoms with van der Waals surface area (Å²) in [6.45, 7) is 3.90. The average molecular weight is 397 g/mol. The molecule has 3 aromatic rings. The lowest BCUT2D eigenvalue weighted by atomic mass is 9.97. The summed E-state index contributed by atoms with van der Waals surface area (Å²) in [5.74, 6) is 0.0900. The van der Waals surface area contributed by atoms with Crippen LogP contribution in [0.3, 0.4) is 0 Å². The number of phenolic OH excluding ortho intramolecular Hbond substituents is 1. The van der Waals surface area contributed by atoms with Crippen molar-refractivity contribution in [2.24, 2.45) is 0 Å². The van der Waals surface area contributed by atoms with E-state index in [-0.39, 0.29) is 16.4 Å². The van der Waals surface area contributed by atoms with Crippen LogP contribution < -0.4 is 4.74 Å². The first kappa shape index (κ1) is 20.0.